The minimum atomic E-state index is -0.0362. The van der Waals surface area contributed by atoms with Crippen LogP contribution in [0.4, 0.5) is 0 Å². The lowest BCUT2D eigenvalue weighted by Gasteiger charge is -2.08. The van der Waals surface area contributed by atoms with E-state index >= 15 is 0 Å². The summed E-state index contributed by atoms with van der Waals surface area (Å²) in [5.41, 5.74) is 0.536. The molecule has 0 radical (unpaired) electrons. The third kappa shape index (κ3) is 2.22. The molecule has 0 fully saturated rings. The van der Waals surface area contributed by atoms with Crippen molar-refractivity contribution in [3.63, 3.8) is 0 Å². The monoisotopic (exact) mass is 198 g/mol. The molecule has 0 saturated carbocycles. The summed E-state index contributed by atoms with van der Waals surface area (Å²) in [4.78, 5) is 11.2. The Kier molecular flexibility index (Phi) is 3.32. The van der Waals surface area contributed by atoms with Crippen molar-refractivity contribution in [2.24, 2.45) is 0 Å². The predicted octanol–water partition coefficient (Wildman–Crippen LogP) is 2.94. The number of carbonyl (C=O) groups excluding carboxylic acids is 1. The largest absolute Gasteiger partial charge is 0.492 e. The molecule has 1 rings (SSSR count). The predicted molar refractivity (Wildman–Crippen MR) is 52.6 cm³/mol. The fourth-order valence-electron chi connectivity index (χ4n) is 1.08. The zero-order valence-corrected chi connectivity index (χ0v) is 8.39. The molecule has 0 aliphatic rings. The fraction of sp³-hybridized carbons (Fsp3) is 0.300. The Balaban J connectivity index is 3.17. The van der Waals surface area contributed by atoms with Gasteiger partial charge in [-0.2, -0.15) is 0 Å². The normalized spacial score (nSPS) is 9.77. The van der Waals surface area contributed by atoms with Gasteiger partial charge in [-0.05, 0) is 26.0 Å². The van der Waals surface area contributed by atoms with Crippen molar-refractivity contribution in [2.75, 3.05) is 6.61 Å². The molecular weight excluding hydrogens is 188 g/mol. The minimum Gasteiger partial charge on any atom is -0.492 e. The number of ketones is 1. The second-order valence-electron chi connectivity index (χ2n) is 2.61. The van der Waals surface area contributed by atoms with Crippen molar-refractivity contribution in [1.29, 1.82) is 0 Å². The van der Waals surface area contributed by atoms with Crippen LogP contribution < -0.4 is 4.74 Å². The Labute approximate surface area is 82.5 Å². The van der Waals surface area contributed by atoms with Gasteiger partial charge in [-0.15, -0.1) is 0 Å². The highest BCUT2D eigenvalue weighted by molar-refractivity contribution is 6.32. The molecule has 1 aromatic carbocycles. The summed E-state index contributed by atoms with van der Waals surface area (Å²) in [6.45, 7) is 3.85. The van der Waals surface area contributed by atoms with Crippen LogP contribution in [0.2, 0.25) is 5.02 Å². The van der Waals surface area contributed by atoms with Crippen molar-refractivity contribution in [2.45, 2.75) is 13.8 Å². The van der Waals surface area contributed by atoms with Crippen LogP contribution in [-0.4, -0.2) is 12.4 Å². The second-order valence-corrected chi connectivity index (χ2v) is 3.01. The Morgan fingerprint density at radius 3 is 2.77 bits per heavy atom. The number of carbonyl (C=O) groups is 1. The van der Waals surface area contributed by atoms with Crippen molar-refractivity contribution in [3.05, 3.63) is 28.8 Å². The molecule has 0 saturated heterocycles. The van der Waals surface area contributed by atoms with E-state index in [9.17, 15) is 4.79 Å². The molecule has 13 heavy (non-hydrogen) atoms. The number of para-hydroxylation sites is 1. The van der Waals surface area contributed by atoms with Crippen LogP contribution in [0.15, 0.2) is 18.2 Å². The Hall–Kier alpha value is -1.02. The summed E-state index contributed by atoms with van der Waals surface area (Å²) >= 11 is 5.88. The van der Waals surface area contributed by atoms with Crippen LogP contribution in [0, 0.1) is 0 Å². The number of benzene rings is 1. The molecule has 0 aliphatic heterocycles. The third-order valence-corrected chi connectivity index (χ3v) is 1.93. The van der Waals surface area contributed by atoms with E-state index in [0.29, 0.717) is 22.9 Å². The van der Waals surface area contributed by atoms with Gasteiger partial charge in [0.2, 0.25) is 0 Å². The number of rotatable bonds is 3. The molecule has 0 heterocycles. The molecule has 0 spiro atoms. The number of hydrogen-bond donors (Lipinski definition) is 0. The van der Waals surface area contributed by atoms with Crippen molar-refractivity contribution < 1.29 is 9.53 Å². The van der Waals surface area contributed by atoms with E-state index in [-0.39, 0.29) is 5.78 Å². The van der Waals surface area contributed by atoms with Gasteiger partial charge in [-0.3, -0.25) is 4.79 Å². The SMILES string of the molecule is CCOc1c(Cl)cccc1C(C)=O. The lowest BCUT2D eigenvalue weighted by atomic mass is 10.1. The maximum Gasteiger partial charge on any atom is 0.163 e. The lowest BCUT2D eigenvalue weighted by molar-refractivity contribution is 0.101. The highest BCUT2D eigenvalue weighted by Gasteiger charge is 2.10. The molecule has 0 bridgehead atoms. The highest BCUT2D eigenvalue weighted by Crippen LogP contribution is 2.28. The zero-order chi connectivity index (χ0) is 9.84. The number of halogens is 1. The van der Waals surface area contributed by atoms with Gasteiger partial charge in [0.05, 0.1) is 17.2 Å². The second kappa shape index (κ2) is 4.28. The Morgan fingerprint density at radius 1 is 1.54 bits per heavy atom. The quantitative estimate of drug-likeness (QED) is 0.698. The Morgan fingerprint density at radius 2 is 2.23 bits per heavy atom. The molecule has 70 valence electrons. The van der Waals surface area contributed by atoms with Crippen molar-refractivity contribution >= 4 is 17.4 Å². The molecule has 0 N–H and O–H groups in total. The smallest absolute Gasteiger partial charge is 0.163 e. The summed E-state index contributed by atoms with van der Waals surface area (Å²) < 4.78 is 5.28. The number of hydrogen-bond acceptors (Lipinski definition) is 2. The number of ether oxygens (including phenoxy) is 1. The maximum atomic E-state index is 11.2. The molecule has 0 unspecified atom stereocenters. The first-order valence-corrected chi connectivity index (χ1v) is 4.46. The van der Waals surface area contributed by atoms with Gasteiger partial charge in [0.15, 0.2) is 5.78 Å². The lowest BCUT2D eigenvalue weighted by Crippen LogP contribution is -2.00. The molecule has 1 aromatic rings. The summed E-state index contributed by atoms with van der Waals surface area (Å²) in [6.07, 6.45) is 0. The van der Waals surface area contributed by atoms with Crippen molar-refractivity contribution in [3.8, 4) is 5.75 Å². The van der Waals surface area contributed by atoms with E-state index in [1.54, 1.807) is 18.2 Å². The maximum absolute atomic E-state index is 11.2. The highest BCUT2D eigenvalue weighted by atomic mass is 35.5. The van der Waals surface area contributed by atoms with Crippen molar-refractivity contribution in [1.82, 2.24) is 0 Å². The Bertz CT molecular complexity index is 321. The van der Waals surface area contributed by atoms with Crippen LogP contribution in [0.3, 0.4) is 0 Å². The van der Waals surface area contributed by atoms with Gasteiger partial charge in [-0.1, -0.05) is 17.7 Å². The zero-order valence-electron chi connectivity index (χ0n) is 7.63. The molecule has 0 atom stereocenters. The molecule has 0 aliphatic carbocycles. The average Bonchev–Trinajstić information content (AvgIpc) is 2.08. The van der Waals surface area contributed by atoms with Crippen LogP contribution in [0.1, 0.15) is 24.2 Å². The van der Waals surface area contributed by atoms with Crippen LogP contribution in [-0.2, 0) is 0 Å². The summed E-state index contributed by atoms with van der Waals surface area (Å²) in [6, 6.07) is 5.15. The number of Topliss-reactive ketones (excluding diaryl/α,β-unsaturated/α-hetero) is 1. The third-order valence-electron chi connectivity index (χ3n) is 1.63. The molecular formula is C10H11ClO2. The van der Waals surface area contributed by atoms with Gasteiger partial charge in [0.1, 0.15) is 5.75 Å². The van der Waals surface area contributed by atoms with Crippen LogP contribution in [0.25, 0.3) is 0 Å². The summed E-state index contributed by atoms with van der Waals surface area (Å²) in [5, 5.41) is 0.481. The van der Waals surface area contributed by atoms with E-state index in [1.165, 1.54) is 6.92 Å². The van der Waals surface area contributed by atoms with Gasteiger partial charge >= 0.3 is 0 Å². The summed E-state index contributed by atoms with van der Waals surface area (Å²) in [5.74, 6) is 0.449. The fourth-order valence-corrected chi connectivity index (χ4v) is 1.31. The average molecular weight is 199 g/mol. The van der Waals surface area contributed by atoms with Gasteiger partial charge in [0, 0.05) is 0 Å². The first-order valence-electron chi connectivity index (χ1n) is 4.09. The van der Waals surface area contributed by atoms with Gasteiger partial charge in [0.25, 0.3) is 0 Å². The molecule has 0 amide bonds. The first-order chi connectivity index (χ1) is 6.16. The van der Waals surface area contributed by atoms with E-state index in [0.717, 1.165) is 0 Å². The minimum absolute atomic E-state index is 0.0362. The van der Waals surface area contributed by atoms with Gasteiger partial charge < -0.3 is 4.74 Å². The van der Waals surface area contributed by atoms with Crippen LogP contribution >= 0.6 is 11.6 Å². The van der Waals surface area contributed by atoms with E-state index in [4.69, 9.17) is 16.3 Å². The summed E-state index contributed by atoms with van der Waals surface area (Å²) in [7, 11) is 0. The molecule has 3 heteroatoms. The van der Waals surface area contributed by atoms with Crippen LogP contribution in [0.5, 0.6) is 5.75 Å². The van der Waals surface area contributed by atoms with E-state index in [1.807, 2.05) is 6.92 Å². The van der Waals surface area contributed by atoms with E-state index < -0.39 is 0 Å². The van der Waals surface area contributed by atoms with Gasteiger partial charge in [-0.25, -0.2) is 0 Å². The molecule has 2 nitrogen and oxygen atoms in total. The first kappa shape index (κ1) is 10.1. The topological polar surface area (TPSA) is 26.3 Å². The standard InChI is InChI=1S/C10H11ClO2/c1-3-13-10-8(7(2)12)5-4-6-9(10)11/h4-6H,3H2,1-2H3. The molecule has 0 aromatic heterocycles. The van der Waals surface area contributed by atoms with E-state index in [2.05, 4.69) is 0 Å².